The van der Waals surface area contributed by atoms with E-state index in [9.17, 15) is 5.11 Å². The summed E-state index contributed by atoms with van der Waals surface area (Å²) in [7, 11) is 0. The van der Waals surface area contributed by atoms with Crippen LogP contribution in [0.3, 0.4) is 0 Å². The molecule has 1 N–H and O–H groups in total. The highest BCUT2D eigenvalue weighted by molar-refractivity contribution is 5.38. The maximum absolute atomic E-state index is 9.21. The Hall–Kier alpha value is -1.30. The monoisotopic (exact) mass is 252 g/mol. The van der Waals surface area contributed by atoms with Crippen LogP contribution in [0.15, 0.2) is 18.2 Å². The minimum atomic E-state index is -0.0343. The van der Waals surface area contributed by atoms with E-state index in [0.717, 1.165) is 18.8 Å². The molecule has 0 spiro atoms. The van der Waals surface area contributed by atoms with Gasteiger partial charge in [-0.1, -0.05) is 0 Å². The predicted molar refractivity (Wildman–Crippen MR) is 62.8 cm³/mol. The van der Waals surface area contributed by atoms with Crippen LogP contribution in [0.5, 0.6) is 11.5 Å². The van der Waals surface area contributed by atoms with Crippen LogP contribution < -0.4 is 9.47 Å². The molecular formula is C13H16O5. The zero-order chi connectivity index (χ0) is 12.4. The van der Waals surface area contributed by atoms with Crippen LogP contribution in [0.4, 0.5) is 0 Å². The van der Waals surface area contributed by atoms with Crippen molar-refractivity contribution in [1.29, 1.82) is 0 Å². The molecule has 2 aliphatic rings. The Morgan fingerprint density at radius 3 is 1.89 bits per heavy atom. The number of aliphatic hydroxyl groups excluding tert-OH is 1. The molecule has 0 saturated carbocycles. The molecule has 3 rings (SSSR count). The summed E-state index contributed by atoms with van der Waals surface area (Å²) >= 11 is 0. The van der Waals surface area contributed by atoms with Crippen molar-refractivity contribution in [3.05, 3.63) is 23.8 Å². The average Bonchev–Trinajstić information content (AvgIpc) is 3.28. The number of hydrogen-bond donors (Lipinski definition) is 1. The first-order valence-corrected chi connectivity index (χ1v) is 6.07. The quantitative estimate of drug-likeness (QED) is 0.725. The van der Waals surface area contributed by atoms with Crippen LogP contribution in [0.25, 0.3) is 0 Å². The Labute approximate surface area is 105 Å². The summed E-state index contributed by atoms with van der Waals surface area (Å²) in [6.07, 6.45) is 0.430. The molecule has 0 aliphatic carbocycles. The Morgan fingerprint density at radius 2 is 1.50 bits per heavy atom. The Morgan fingerprint density at radius 1 is 1.00 bits per heavy atom. The van der Waals surface area contributed by atoms with E-state index in [1.807, 2.05) is 18.2 Å². The SMILES string of the molecule is OCc1cc(OCC2CO2)cc(OCC2CO2)c1. The van der Waals surface area contributed by atoms with Crippen LogP contribution in [-0.4, -0.2) is 43.7 Å². The lowest BCUT2D eigenvalue weighted by atomic mass is 10.2. The maximum Gasteiger partial charge on any atom is 0.123 e. The van der Waals surface area contributed by atoms with E-state index in [-0.39, 0.29) is 18.8 Å². The van der Waals surface area contributed by atoms with Crippen LogP contribution >= 0.6 is 0 Å². The van der Waals surface area contributed by atoms with Crippen molar-refractivity contribution in [2.24, 2.45) is 0 Å². The number of rotatable bonds is 7. The van der Waals surface area contributed by atoms with Gasteiger partial charge in [-0.05, 0) is 17.7 Å². The predicted octanol–water partition coefficient (Wildman–Crippen LogP) is 0.734. The molecule has 2 aliphatic heterocycles. The fraction of sp³-hybridized carbons (Fsp3) is 0.538. The standard InChI is InChI=1S/C13H16O5/c14-4-9-1-10(15-5-12-7-17-12)3-11(2-9)16-6-13-8-18-13/h1-3,12-14H,4-8H2. The topological polar surface area (TPSA) is 63.8 Å². The number of ether oxygens (including phenoxy) is 4. The molecule has 5 nitrogen and oxygen atoms in total. The molecule has 0 amide bonds. The van der Waals surface area contributed by atoms with Gasteiger partial charge in [0.05, 0.1) is 19.8 Å². The van der Waals surface area contributed by atoms with Gasteiger partial charge in [0.2, 0.25) is 0 Å². The highest BCUT2D eigenvalue weighted by Gasteiger charge is 2.24. The van der Waals surface area contributed by atoms with E-state index in [2.05, 4.69) is 0 Å². The molecule has 98 valence electrons. The second-order valence-corrected chi connectivity index (χ2v) is 4.50. The number of benzene rings is 1. The van der Waals surface area contributed by atoms with Crippen molar-refractivity contribution in [3.8, 4) is 11.5 Å². The summed E-state index contributed by atoms with van der Waals surface area (Å²) < 4.78 is 21.3. The zero-order valence-corrected chi connectivity index (χ0v) is 10.0. The van der Waals surface area contributed by atoms with Crippen LogP contribution in [0.1, 0.15) is 5.56 Å². The first kappa shape index (κ1) is 11.8. The average molecular weight is 252 g/mol. The van der Waals surface area contributed by atoms with Gasteiger partial charge in [0.1, 0.15) is 36.9 Å². The fourth-order valence-corrected chi connectivity index (χ4v) is 1.60. The normalized spacial score (nSPS) is 24.7. The molecule has 0 bridgehead atoms. The Balaban J connectivity index is 1.63. The third-order valence-corrected chi connectivity index (χ3v) is 2.80. The zero-order valence-electron chi connectivity index (χ0n) is 10.0. The third-order valence-electron chi connectivity index (χ3n) is 2.80. The summed E-state index contributed by atoms with van der Waals surface area (Å²) in [5, 5.41) is 9.21. The van der Waals surface area contributed by atoms with E-state index in [1.54, 1.807) is 0 Å². The van der Waals surface area contributed by atoms with Crippen molar-refractivity contribution in [3.63, 3.8) is 0 Å². The van der Waals surface area contributed by atoms with Gasteiger partial charge in [0, 0.05) is 6.07 Å². The molecule has 2 fully saturated rings. The second-order valence-electron chi connectivity index (χ2n) is 4.50. The Kier molecular flexibility index (Phi) is 3.36. The van der Waals surface area contributed by atoms with Gasteiger partial charge in [-0.2, -0.15) is 0 Å². The van der Waals surface area contributed by atoms with Gasteiger partial charge in [-0.25, -0.2) is 0 Å². The van der Waals surface area contributed by atoms with Crippen molar-refractivity contribution < 1.29 is 24.1 Å². The summed E-state index contributed by atoms with van der Waals surface area (Å²) in [6, 6.07) is 5.44. The minimum Gasteiger partial charge on any atom is -0.491 e. The molecular weight excluding hydrogens is 236 g/mol. The molecule has 0 aromatic heterocycles. The summed E-state index contributed by atoms with van der Waals surface area (Å²) in [5.41, 5.74) is 0.774. The Bertz CT molecular complexity index is 378. The van der Waals surface area contributed by atoms with E-state index < -0.39 is 0 Å². The van der Waals surface area contributed by atoms with Crippen LogP contribution in [-0.2, 0) is 16.1 Å². The molecule has 2 heterocycles. The van der Waals surface area contributed by atoms with Crippen molar-refractivity contribution >= 4 is 0 Å². The fourth-order valence-electron chi connectivity index (χ4n) is 1.60. The number of aliphatic hydroxyl groups is 1. The van der Waals surface area contributed by atoms with Crippen LogP contribution in [0, 0.1) is 0 Å². The van der Waals surface area contributed by atoms with Gasteiger partial charge < -0.3 is 24.1 Å². The molecule has 2 unspecified atom stereocenters. The highest BCUT2D eigenvalue weighted by Crippen LogP contribution is 2.25. The lowest BCUT2D eigenvalue weighted by molar-refractivity contribution is 0.248. The first-order valence-electron chi connectivity index (χ1n) is 6.07. The largest absolute Gasteiger partial charge is 0.491 e. The van der Waals surface area contributed by atoms with E-state index in [1.165, 1.54) is 0 Å². The van der Waals surface area contributed by atoms with E-state index in [4.69, 9.17) is 18.9 Å². The van der Waals surface area contributed by atoms with Gasteiger partial charge in [0.15, 0.2) is 0 Å². The minimum absolute atomic E-state index is 0.0343. The molecule has 1 aromatic carbocycles. The lowest BCUT2D eigenvalue weighted by Gasteiger charge is -2.10. The summed E-state index contributed by atoms with van der Waals surface area (Å²) in [4.78, 5) is 0. The molecule has 0 radical (unpaired) electrons. The number of hydrogen-bond acceptors (Lipinski definition) is 5. The van der Waals surface area contributed by atoms with Crippen LogP contribution in [0.2, 0.25) is 0 Å². The smallest absolute Gasteiger partial charge is 0.123 e. The van der Waals surface area contributed by atoms with Gasteiger partial charge in [-0.3, -0.25) is 0 Å². The summed E-state index contributed by atoms with van der Waals surface area (Å²) in [6.45, 7) is 2.58. The molecule has 1 aromatic rings. The summed E-state index contributed by atoms with van der Waals surface area (Å²) in [5.74, 6) is 1.40. The first-order chi connectivity index (χ1) is 8.83. The molecule has 18 heavy (non-hydrogen) atoms. The third kappa shape index (κ3) is 3.35. The molecule has 5 heteroatoms. The molecule has 2 saturated heterocycles. The van der Waals surface area contributed by atoms with Gasteiger partial charge in [-0.15, -0.1) is 0 Å². The van der Waals surface area contributed by atoms with E-state index >= 15 is 0 Å². The second kappa shape index (κ2) is 5.14. The van der Waals surface area contributed by atoms with Crippen molar-refractivity contribution in [1.82, 2.24) is 0 Å². The van der Waals surface area contributed by atoms with Crippen molar-refractivity contribution in [2.45, 2.75) is 18.8 Å². The molecule has 2 atom stereocenters. The highest BCUT2D eigenvalue weighted by atomic mass is 16.6. The van der Waals surface area contributed by atoms with E-state index in [0.29, 0.717) is 24.7 Å². The van der Waals surface area contributed by atoms with Gasteiger partial charge in [0.25, 0.3) is 0 Å². The van der Waals surface area contributed by atoms with Gasteiger partial charge >= 0.3 is 0 Å². The maximum atomic E-state index is 9.21. The number of epoxide rings is 2. The van der Waals surface area contributed by atoms with Crippen molar-refractivity contribution in [2.75, 3.05) is 26.4 Å². The lowest BCUT2D eigenvalue weighted by Crippen LogP contribution is -2.07.